The molecule has 18 heavy (non-hydrogen) atoms. The summed E-state index contributed by atoms with van der Waals surface area (Å²) in [4.78, 5) is 25.7. The smallest absolute Gasteiger partial charge is 0.322 e. The molecule has 3 N–H and O–H groups in total. The molecular formula is C13H13N3O2. The second kappa shape index (κ2) is 3.87. The number of carbonyl (C=O) groups excluding carboxylic acids is 2. The standard InChI is InChI=1S/C13H13N3O2/c1-7-2-3-10-8(4-7)5-9(14-10)6-11-12(17)16-13(18)15-11/h2-5,11,14H,6H2,1H3,(H2,15,16,17,18). The third-order valence-electron chi connectivity index (χ3n) is 3.11. The van der Waals surface area contributed by atoms with Crippen LogP contribution in [0, 0.1) is 6.92 Å². The van der Waals surface area contributed by atoms with E-state index in [0.717, 1.165) is 16.6 Å². The molecule has 0 bridgehead atoms. The Morgan fingerprint density at radius 1 is 1.22 bits per heavy atom. The van der Waals surface area contributed by atoms with Crippen molar-refractivity contribution in [3.05, 3.63) is 35.5 Å². The minimum absolute atomic E-state index is 0.269. The molecule has 0 radical (unpaired) electrons. The first-order chi connectivity index (χ1) is 8.61. The predicted molar refractivity (Wildman–Crippen MR) is 67.2 cm³/mol. The van der Waals surface area contributed by atoms with Gasteiger partial charge in [0.1, 0.15) is 6.04 Å². The van der Waals surface area contributed by atoms with Crippen LogP contribution >= 0.6 is 0 Å². The first-order valence-electron chi connectivity index (χ1n) is 5.81. The first-order valence-corrected chi connectivity index (χ1v) is 5.81. The summed E-state index contributed by atoms with van der Waals surface area (Å²) in [6, 6.07) is 7.25. The molecule has 1 fully saturated rings. The van der Waals surface area contributed by atoms with Crippen LogP contribution in [0.5, 0.6) is 0 Å². The van der Waals surface area contributed by atoms with Crippen LogP contribution in [-0.4, -0.2) is 23.0 Å². The zero-order chi connectivity index (χ0) is 12.7. The Morgan fingerprint density at radius 3 is 2.78 bits per heavy atom. The van der Waals surface area contributed by atoms with Crippen molar-refractivity contribution in [1.29, 1.82) is 0 Å². The maximum Gasteiger partial charge on any atom is 0.322 e. The zero-order valence-corrected chi connectivity index (χ0v) is 9.91. The van der Waals surface area contributed by atoms with E-state index < -0.39 is 12.1 Å². The van der Waals surface area contributed by atoms with Crippen LogP contribution in [0.25, 0.3) is 10.9 Å². The van der Waals surface area contributed by atoms with Crippen molar-refractivity contribution < 1.29 is 9.59 Å². The highest BCUT2D eigenvalue weighted by atomic mass is 16.2. The number of hydrogen-bond donors (Lipinski definition) is 3. The van der Waals surface area contributed by atoms with Gasteiger partial charge in [0.2, 0.25) is 0 Å². The number of fused-ring (bicyclic) bond motifs is 1. The van der Waals surface area contributed by atoms with Gasteiger partial charge in [-0.15, -0.1) is 0 Å². The highest BCUT2D eigenvalue weighted by Crippen LogP contribution is 2.18. The van der Waals surface area contributed by atoms with E-state index in [9.17, 15) is 9.59 Å². The van der Waals surface area contributed by atoms with Crippen LogP contribution in [0.15, 0.2) is 24.3 Å². The van der Waals surface area contributed by atoms with Crippen molar-refractivity contribution in [2.45, 2.75) is 19.4 Å². The molecule has 0 aliphatic carbocycles. The van der Waals surface area contributed by atoms with Gasteiger partial charge in [-0.05, 0) is 30.5 Å². The number of imide groups is 1. The number of benzene rings is 1. The maximum absolute atomic E-state index is 11.5. The fraction of sp³-hybridized carbons (Fsp3) is 0.231. The van der Waals surface area contributed by atoms with Crippen LogP contribution in [0.3, 0.4) is 0 Å². The molecule has 5 nitrogen and oxygen atoms in total. The van der Waals surface area contributed by atoms with Crippen molar-refractivity contribution in [2.75, 3.05) is 0 Å². The molecular weight excluding hydrogens is 230 g/mol. The van der Waals surface area contributed by atoms with Crippen LogP contribution in [-0.2, 0) is 11.2 Å². The number of H-pyrrole nitrogens is 1. The van der Waals surface area contributed by atoms with E-state index in [2.05, 4.69) is 21.7 Å². The lowest BCUT2D eigenvalue weighted by molar-refractivity contribution is -0.120. The molecule has 5 heteroatoms. The van der Waals surface area contributed by atoms with Gasteiger partial charge in [0.15, 0.2) is 0 Å². The number of carbonyl (C=O) groups is 2. The van der Waals surface area contributed by atoms with E-state index in [1.165, 1.54) is 5.56 Å². The molecule has 1 aromatic heterocycles. The average Bonchev–Trinajstić information content (AvgIpc) is 2.82. The van der Waals surface area contributed by atoms with E-state index in [4.69, 9.17) is 0 Å². The number of urea groups is 1. The lowest BCUT2D eigenvalue weighted by atomic mass is 10.1. The zero-order valence-electron chi connectivity index (χ0n) is 9.91. The van der Waals surface area contributed by atoms with Gasteiger partial charge in [0, 0.05) is 17.6 Å². The van der Waals surface area contributed by atoms with Crippen LogP contribution in [0.4, 0.5) is 4.79 Å². The van der Waals surface area contributed by atoms with Crippen LogP contribution in [0.1, 0.15) is 11.3 Å². The largest absolute Gasteiger partial charge is 0.358 e. The third kappa shape index (κ3) is 1.84. The van der Waals surface area contributed by atoms with Crippen LogP contribution < -0.4 is 10.6 Å². The van der Waals surface area contributed by atoms with Crippen molar-refractivity contribution >= 4 is 22.8 Å². The highest BCUT2D eigenvalue weighted by Gasteiger charge is 2.29. The molecule has 3 rings (SSSR count). The number of aromatic amines is 1. The van der Waals surface area contributed by atoms with Crippen molar-refractivity contribution in [3.63, 3.8) is 0 Å². The summed E-state index contributed by atoms with van der Waals surface area (Å²) in [6.07, 6.45) is 0.477. The van der Waals surface area contributed by atoms with Gasteiger partial charge < -0.3 is 10.3 Å². The van der Waals surface area contributed by atoms with Crippen LogP contribution in [0.2, 0.25) is 0 Å². The topological polar surface area (TPSA) is 74.0 Å². The Balaban J connectivity index is 1.87. The molecule has 0 spiro atoms. The van der Waals surface area contributed by atoms with Gasteiger partial charge in [-0.3, -0.25) is 10.1 Å². The molecule has 0 saturated carbocycles. The predicted octanol–water partition coefficient (Wildman–Crippen LogP) is 1.23. The van der Waals surface area contributed by atoms with Gasteiger partial charge >= 0.3 is 6.03 Å². The molecule has 1 aliphatic heterocycles. The van der Waals surface area contributed by atoms with E-state index in [0.29, 0.717) is 6.42 Å². The molecule has 2 heterocycles. The summed E-state index contributed by atoms with van der Waals surface area (Å²) in [7, 11) is 0. The minimum Gasteiger partial charge on any atom is -0.358 e. The van der Waals surface area contributed by atoms with Crippen molar-refractivity contribution in [2.24, 2.45) is 0 Å². The number of hydrogen-bond acceptors (Lipinski definition) is 2. The Bertz CT molecular complexity index is 645. The molecule has 1 aromatic carbocycles. The van der Waals surface area contributed by atoms with E-state index >= 15 is 0 Å². The number of nitrogens with one attached hydrogen (secondary N) is 3. The lowest BCUT2D eigenvalue weighted by Gasteiger charge is -2.04. The SMILES string of the molecule is Cc1ccc2[nH]c(CC3NC(=O)NC3=O)cc2c1. The molecule has 92 valence electrons. The second-order valence-corrected chi connectivity index (χ2v) is 4.60. The van der Waals surface area contributed by atoms with E-state index in [1.54, 1.807) is 0 Å². The fourth-order valence-electron chi connectivity index (χ4n) is 2.24. The number of aromatic nitrogens is 1. The van der Waals surface area contributed by atoms with E-state index in [1.807, 2.05) is 25.1 Å². The van der Waals surface area contributed by atoms with Crippen molar-refractivity contribution in [3.8, 4) is 0 Å². The monoisotopic (exact) mass is 243 g/mol. The molecule has 1 saturated heterocycles. The Kier molecular flexibility index (Phi) is 2.33. The number of amides is 3. The third-order valence-corrected chi connectivity index (χ3v) is 3.11. The normalized spacial score (nSPS) is 19.1. The summed E-state index contributed by atoms with van der Waals surface area (Å²) in [6.45, 7) is 2.04. The second-order valence-electron chi connectivity index (χ2n) is 4.60. The van der Waals surface area contributed by atoms with Gasteiger partial charge in [-0.2, -0.15) is 0 Å². The molecule has 1 aliphatic rings. The summed E-state index contributed by atoms with van der Waals surface area (Å²) in [5.41, 5.74) is 3.18. The molecule has 1 atom stereocenters. The first kappa shape index (κ1) is 10.8. The summed E-state index contributed by atoms with van der Waals surface area (Å²) >= 11 is 0. The Hall–Kier alpha value is -2.30. The average molecular weight is 243 g/mol. The molecule has 3 amide bonds. The van der Waals surface area contributed by atoms with Gasteiger partial charge in [0.05, 0.1) is 0 Å². The maximum atomic E-state index is 11.5. The minimum atomic E-state index is -0.480. The Morgan fingerprint density at radius 2 is 2.06 bits per heavy atom. The summed E-state index contributed by atoms with van der Waals surface area (Å²) in [5, 5.41) is 5.94. The molecule has 1 unspecified atom stereocenters. The van der Waals surface area contributed by atoms with E-state index in [-0.39, 0.29) is 5.91 Å². The van der Waals surface area contributed by atoms with Gasteiger partial charge in [-0.25, -0.2) is 4.79 Å². The van der Waals surface area contributed by atoms with Gasteiger partial charge in [-0.1, -0.05) is 11.6 Å². The quantitative estimate of drug-likeness (QED) is 0.694. The molecule has 2 aromatic rings. The highest BCUT2D eigenvalue weighted by molar-refractivity contribution is 6.04. The van der Waals surface area contributed by atoms with Crippen molar-refractivity contribution in [1.82, 2.24) is 15.6 Å². The fourth-order valence-corrected chi connectivity index (χ4v) is 2.24. The summed E-state index contributed by atoms with van der Waals surface area (Å²) in [5.74, 6) is -0.269. The van der Waals surface area contributed by atoms with Gasteiger partial charge in [0.25, 0.3) is 5.91 Å². The summed E-state index contributed by atoms with van der Waals surface area (Å²) < 4.78 is 0. The Labute approximate surface area is 104 Å². The number of aryl methyl sites for hydroxylation is 1. The lowest BCUT2D eigenvalue weighted by Crippen LogP contribution is -2.31. The number of rotatable bonds is 2.